The number of alkyl halides is 2. The van der Waals surface area contributed by atoms with Crippen LogP contribution in [0.4, 0.5) is 13.2 Å². The molecular formula is C21H19F3N4O4. The highest BCUT2D eigenvalue weighted by Gasteiger charge is 2.40. The van der Waals surface area contributed by atoms with E-state index in [1.165, 1.54) is 29.3 Å². The average molecular weight is 448 g/mol. The van der Waals surface area contributed by atoms with Crippen LogP contribution in [-0.4, -0.2) is 59.4 Å². The normalized spacial score (nSPS) is 20.2. The molecule has 1 saturated heterocycles. The van der Waals surface area contributed by atoms with Crippen LogP contribution in [0.3, 0.4) is 0 Å². The van der Waals surface area contributed by atoms with E-state index in [9.17, 15) is 18.0 Å². The first-order valence-electron chi connectivity index (χ1n) is 9.77. The highest BCUT2D eigenvalue weighted by Crippen LogP contribution is 2.30. The summed E-state index contributed by atoms with van der Waals surface area (Å²) >= 11 is 0. The number of amides is 1. The van der Waals surface area contributed by atoms with Crippen molar-refractivity contribution in [2.45, 2.75) is 31.5 Å². The first-order valence-corrected chi connectivity index (χ1v) is 9.77. The molecule has 0 saturated carbocycles. The molecule has 168 valence electrons. The Hall–Kier alpha value is -3.47. The number of para-hydroxylation sites is 1. The number of ether oxygens (including phenoxy) is 3. The second-order valence-corrected chi connectivity index (χ2v) is 7.27. The van der Waals surface area contributed by atoms with Crippen molar-refractivity contribution in [1.82, 2.24) is 9.88 Å². The molecular weight excluding hydrogens is 429 g/mol. The van der Waals surface area contributed by atoms with Crippen molar-refractivity contribution in [2.75, 3.05) is 13.2 Å². The van der Waals surface area contributed by atoms with E-state index in [0.29, 0.717) is 18.7 Å². The van der Waals surface area contributed by atoms with Gasteiger partial charge < -0.3 is 19.1 Å². The molecule has 4 rings (SSSR count). The highest BCUT2D eigenvalue weighted by molar-refractivity contribution is 6.03. The Morgan fingerprint density at radius 2 is 2.06 bits per heavy atom. The van der Waals surface area contributed by atoms with Gasteiger partial charge in [0.25, 0.3) is 11.8 Å². The Bertz CT molecular complexity index is 1070. The van der Waals surface area contributed by atoms with Crippen LogP contribution in [0, 0.1) is 16.6 Å². The fraction of sp³-hybridized carbons (Fsp3) is 0.333. The van der Waals surface area contributed by atoms with Gasteiger partial charge in [0.2, 0.25) is 5.90 Å². The highest BCUT2D eigenvalue weighted by atomic mass is 19.3. The maximum atomic E-state index is 14.1. The fourth-order valence-electron chi connectivity index (χ4n) is 3.63. The summed E-state index contributed by atoms with van der Waals surface area (Å²) in [6, 6.07) is 6.82. The molecule has 2 aliphatic rings. The number of hydrogen-bond acceptors (Lipinski definition) is 7. The standard InChI is InChI=1S/C21H19F3N4O4/c22-13-3-1-2-4-16(13)31-17-5-6-30-10-15(17)28-9-14-12(21(28)29)7-11(8-27-14)19(25)32-20(26)18(23)24/h1-4,7-8,15,17-18,25-26H,5-6,9-10H2/t15?,17-/m1/s1. The quantitative estimate of drug-likeness (QED) is 0.540. The number of rotatable bonds is 5. The van der Waals surface area contributed by atoms with E-state index in [1.54, 1.807) is 12.1 Å². The van der Waals surface area contributed by atoms with E-state index in [1.807, 2.05) is 0 Å². The van der Waals surface area contributed by atoms with Crippen LogP contribution in [0.1, 0.15) is 28.0 Å². The predicted octanol–water partition coefficient (Wildman–Crippen LogP) is 3.00. The molecule has 0 radical (unpaired) electrons. The number of nitrogens with zero attached hydrogens (tertiary/aromatic N) is 2. The molecule has 2 aliphatic heterocycles. The third-order valence-corrected chi connectivity index (χ3v) is 5.23. The zero-order valence-corrected chi connectivity index (χ0v) is 16.7. The van der Waals surface area contributed by atoms with E-state index in [-0.39, 0.29) is 30.0 Å². The van der Waals surface area contributed by atoms with Crippen LogP contribution in [0.2, 0.25) is 0 Å². The Kier molecular flexibility index (Phi) is 6.08. The number of halogens is 3. The summed E-state index contributed by atoms with van der Waals surface area (Å²) in [5, 5.41) is 14.8. The van der Waals surface area contributed by atoms with Crippen molar-refractivity contribution in [3.05, 3.63) is 59.2 Å². The van der Waals surface area contributed by atoms with Crippen molar-refractivity contribution in [1.29, 1.82) is 10.8 Å². The van der Waals surface area contributed by atoms with E-state index < -0.39 is 42.1 Å². The maximum Gasteiger partial charge on any atom is 0.312 e. The number of nitrogens with one attached hydrogen (secondary N) is 2. The lowest BCUT2D eigenvalue weighted by molar-refractivity contribution is -0.0440. The Balaban J connectivity index is 1.52. The molecule has 0 spiro atoms. The zero-order valence-electron chi connectivity index (χ0n) is 16.7. The molecule has 2 aromatic rings. The Morgan fingerprint density at radius 3 is 2.81 bits per heavy atom. The molecule has 0 aliphatic carbocycles. The molecule has 1 amide bonds. The van der Waals surface area contributed by atoms with E-state index in [4.69, 9.17) is 20.3 Å². The van der Waals surface area contributed by atoms with Gasteiger partial charge in [-0.15, -0.1) is 0 Å². The lowest BCUT2D eigenvalue weighted by atomic mass is 10.0. The lowest BCUT2D eigenvalue weighted by Gasteiger charge is -2.37. The minimum absolute atomic E-state index is 0.0107. The van der Waals surface area contributed by atoms with Crippen LogP contribution < -0.4 is 4.74 Å². The Labute approximate surface area is 180 Å². The van der Waals surface area contributed by atoms with Crippen LogP contribution in [-0.2, 0) is 16.0 Å². The van der Waals surface area contributed by atoms with Gasteiger partial charge in [-0.25, -0.2) is 4.39 Å². The molecule has 11 heteroatoms. The Morgan fingerprint density at radius 1 is 1.28 bits per heavy atom. The number of carbonyl (C=O) groups excluding carboxylic acids is 1. The van der Waals surface area contributed by atoms with Gasteiger partial charge in [0.15, 0.2) is 11.6 Å². The number of carbonyl (C=O) groups is 1. The van der Waals surface area contributed by atoms with Crippen LogP contribution >= 0.6 is 0 Å². The lowest BCUT2D eigenvalue weighted by Crippen LogP contribution is -2.52. The summed E-state index contributed by atoms with van der Waals surface area (Å²) in [6.45, 7) is 0.744. The van der Waals surface area contributed by atoms with Gasteiger partial charge >= 0.3 is 6.43 Å². The smallest absolute Gasteiger partial charge is 0.312 e. The summed E-state index contributed by atoms with van der Waals surface area (Å²) in [7, 11) is 0. The monoisotopic (exact) mass is 448 g/mol. The molecule has 3 heterocycles. The van der Waals surface area contributed by atoms with Gasteiger partial charge in [-0.3, -0.25) is 20.6 Å². The van der Waals surface area contributed by atoms with Crippen LogP contribution in [0.15, 0.2) is 36.5 Å². The van der Waals surface area contributed by atoms with Gasteiger partial charge in [0.05, 0.1) is 42.6 Å². The van der Waals surface area contributed by atoms with Crippen molar-refractivity contribution < 1.29 is 32.2 Å². The summed E-state index contributed by atoms with van der Waals surface area (Å²) < 4.78 is 54.9. The molecule has 32 heavy (non-hydrogen) atoms. The zero-order chi connectivity index (χ0) is 22.8. The van der Waals surface area contributed by atoms with E-state index >= 15 is 0 Å². The van der Waals surface area contributed by atoms with Gasteiger partial charge in [-0.2, -0.15) is 8.78 Å². The molecule has 2 N–H and O–H groups in total. The first-order chi connectivity index (χ1) is 15.3. The summed E-state index contributed by atoms with van der Waals surface area (Å²) in [4.78, 5) is 18.8. The minimum Gasteiger partial charge on any atom is -0.485 e. The molecule has 1 unspecified atom stereocenters. The van der Waals surface area contributed by atoms with Crippen molar-refractivity contribution >= 4 is 17.7 Å². The molecule has 1 aromatic heterocycles. The van der Waals surface area contributed by atoms with Gasteiger partial charge in [0, 0.05) is 12.6 Å². The second kappa shape index (κ2) is 8.95. The van der Waals surface area contributed by atoms with Crippen molar-refractivity contribution in [3.63, 3.8) is 0 Å². The molecule has 0 bridgehead atoms. The second-order valence-electron chi connectivity index (χ2n) is 7.27. The number of benzene rings is 1. The summed E-state index contributed by atoms with van der Waals surface area (Å²) in [6.07, 6.45) is -1.99. The average Bonchev–Trinajstić information content (AvgIpc) is 3.11. The largest absolute Gasteiger partial charge is 0.485 e. The molecule has 1 fully saturated rings. The van der Waals surface area contributed by atoms with Gasteiger partial charge in [0.1, 0.15) is 6.10 Å². The third-order valence-electron chi connectivity index (χ3n) is 5.23. The van der Waals surface area contributed by atoms with Crippen LogP contribution in [0.5, 0.6) is 5.75 Å². The third kappa shape index (κ3) is 4.28. The minimum atomic E-state index is -3.16. The first kappa shape index (κ1) is 21.8. The van der Waals surface area contributed by atoms with E-state index in [0.717, 1.165) is 0 Å². The topological polar surface area (TPSA) is 109 Å². The van der Waals surface area contributed by atoms with Crippen molar-refractivity contribution in [2.24, 2.45) is 0 Å². The number of hydrogen-bond donors (Lipinski definition) is 2. The van der Waals surface area contributed by atoms with Gasteiger partial charge in [-0.05, 0) is 18.2 Å². The number of aromatic nitrogens is 1. The maximum absolute atomic E-state index is 14.1. The number of pyridine rings is 1. The summed E-state index contributed by atoms with van der Waals surface area (Å²) in [5.74, 6) is -2.90. The molecule has 2 atom stereocenters. The summed E-state index contributed by atoms with van der Waals surface area (Å²) in [5.41, 5.74) is 0.615. The predicted molar refractivity (Wildman–Crippen MR) is 106 cm³/mol. The van der Waals surface area contributed by atoms with E-state index in [2.05, 4.69) is 9.72 Å². The number of fused-ring (bicyclic) bond motifs is 1. The molecule has 8 nitrogen and oxygen atoms in total. The van der Waals surface area contributed by atoms with Gasteiger partial charge in [-0.1, -0.05) is 12.1 Å². The fourth-order valence-corrected chi connectivity index (χ4v) is 3.63. The SMILES string of the molecule is N=C(OC(=N)C(F)F)c1cnc2c(c1)C(=O)N(C1COCC[C@H]1Oc1ccccc1F)C2. The van der Waals surface area contributed by atoms with Crippen molar-refractivity contribution in [3.8, 4) is 5.75 Å². The van der Waals surface area contributed by atoms with Crippen LogP contribution in [0.25, 0.3) is 0 Å². The molecule has 1 aromatic carbocycles.